The molecule has 0 radical (unpaired) electrons. The van der Waals surface area contributed by atoms with Crippen molar-refractivity contribution >= 4 is 16.8 Å². The molecule has 4 heteroatoms. The Bertz CT molecular complexity index is 921. The first-order chi connectivity index (χ1) is 13.0. The Balaban J connectivity index is 1.43. The lowest BCUT2D eigenvalue weighted by atomic mass is 9.87. The lowest BCUT2D eigenvalue weighted by molar-refractivity contribution is -0.137. The van der Waals surface area contributed by atoms with Crippen molar-refractivity contribution in [1.82, 2.24) is 9.88 Å². The summed E-state index contributed by atoms with van der Waals surface area (Å²) < 4.78 is 0. The van der Waals surface area contributed by atoms with Crippen LogP contribution in [0.4, 0.5) is 0 Å². The zero-order valence-electron chi connectivity index (χ0n) is 15.8. The van der Waals surface area contributed by atoms with E-state index in [1.165, 1.54) is 5.56 Å². The van der Waals surface area contributed by atoms with Gasteiger partial charge in [0, 0.05) is 36.6 Å². The number of fused-ring (bicyclic) bond motifs is 1. The standard InChI is InChI=1S/C23H27N3O/c1-23(24,15-19-16-25-21-10-6-5-9-20(19)21)22(27)26-13-11-18(12-14-26)17-7-3-2-4-8-17/h2-10,16,18,25H,11-15,24H2,1H3. The van der Waals surface area contributed by atoms with Crippen molar-refractivity contribution < 1.29 is 4.79 Å². The minimum Gasteiger partial charge on any atom is -0.361 e. The molecule has 3 N–H and O–H groups in total. The normalized spacial score (nSPS) is 17.8. The molecular weight excluding hydrogens is 334 g/mol. The molecule has 0 bridgehead atoms. The second kappa shape index (κ2) is 7.20. The van der Waals surface area contributed by atoms with Gasteiger partial charge in [0.05, 0.1) is 5.54 Å². The molecule has 1 aromatic heterocycles. The van der Waals surface area contributed by atoms with Gasteiger partial charge >= 0.3 is 0 Å². The Morgan fingerprint density at radius 3 is 2.52 bits per heavy atom. The second-order valence-electron chi connectivity index (χ2n) is 7.93. The number of carbonyl (C=O) groups is 1. The van der Waals surface area contributed by atoms with Crippen LogP contribution in [-0.4, -0.2) is 34.4 Å². The van der Waals surface area contributed by atoms with Gasteiger partial charge in [-0.3, -0.25) is 4.79 Å². The van der Waals surface area contributed by atoms with Gasteiger partial charge in [-0.15, -0.1) is 0 Å². The van der Waals surface area contributed by atoms with Crippen molar-refractivity contribution in [2.45, 2.75) is 37.6 Å². The maximum absolute atomic E-state index is 13.1. The number of piperidine rings is 1. The number of aromatic nitrogens is 1. The highest BCUT2D eigenvalue weighted by Crippen LogP contribution is 2.29. The van der Waals surface area contributed by atoms with Gasteiger partial charge in [0.15, 0.2) is 0 Å². The van der Waals surface area contributed by atoms with Crippen LogP contribution in [0.3, 0.4) is 0 Å². The number of para-hydroxylation sites is 1. The zero-order chi connectivity index (χ0) is 18.9. The molecule has 1 unspecified atom stereocenters. The predicted octanol–water partition coefficient (Wildman–Crippen LogP) is 3.83. The maximum atomic E-state index is 13.1. The average Bonchev–Trinajstić information content (AvgIpc) is 3.10. The van der Waals surface area contributed by atoms with Gasteiger partial charge in [-0.2, -0.15) is 0 Å². The number of likely N-dealkylation sites (tertiary alicyclic amines) is 1. The van der Waals surface area contributed by atoms with E-state index < -0.39 is 5.54 Å². The minimum atomic E-state index is -0.898. The Morgan fingerprint density at radius 1 is 1.11 bits per heavy atom. The lowest BCUT2D eigenvalue weighted by Gasteiger charge is -2.37. The number of nitrogens with two attached hydrogens (primary N) is 1. The van der Waals surface area contributed by atoms with Crippen LogP contribution in [0.15, 0.2) is 60.8 Å². The Kier molecular flexibility index (Phi) is 4.75. The molecular formula is C23H27N3O. The van der Waals surface area contributed by atoms with Crippen LogP contribution in [0.1, 0.15) is 36.8 Å². The van der Waals surface area contributed by atoms with Gasteiger partial charge in [-0.25, -0.2) is 0 Å². The third-order valence-corrected chi connectivity index (χ3v) is 5.77. The van der Waals surface area contributed by atoms with Gasteiger partial charge in [-0.1, -0.05) is 48.5 Å². The highest BCUT2D eigenvalue weighted by molar-refractivity contribution is 5.88. The average molecular weight is 361 g/mol. The minimum absolute atomic E-state index is 0.0549. The summed E-state index contributed by atoms with van der Waals surface area (Å²) >= 11 is 0. The van der Waals surface area contributed by atoms with E-state index in [1.807, 2.05) is 42.3 Å². The van der Waals surface area contributed by atoms with Gasteiger partial charge in [0.25, 0.3) is 0 Å². The summed E-state index contributed by atoms with van der Waals surface area (Å²) in [6.07, 6.45) is 4.51. The summed E-state index contributed by atoms with van der Waals surface area (Å²) in [7, 11) is 0. The number of H-pyrrole nitrogens is 1. The Morgan fingerprint density at radius 2 is 1.78 bits per heavy atom. The topological polar surface area (TPSA) is 62.1 Å². The largest absolute Gasteiger partial charge is 0.361 e. The fraction of sp³-hybridized carbons (Fsp3) is 0.348. The van der Waals surface area contributed by atoms with Crippen molar-refractivity contribution in [3.05, 3.63) is 71.9 Å². The fourth-order valence-electron chi connectivity index (χ4n) is 4.25. The number of rotatable bonds is 4. The van der Waals surface area contributed by atoms with Crippen LogP contribution in [0.2, 0.25) is 0 Å². The molecule has 3 aromatic rings. The van der Waals surface area contributed by atoms with Crippen molar-refractivity contribution in [2.24, 2.45) is 5.73 Å². The lowest BCUT2D eigenvalue weighted by Crippen LogP contribution is -2.56. The van der Waals surface area contributed by atoms with E-state index in [0.29, 0.717) is 12.3 Å². The van der Waals surface area contributed by atoms with E-state index >= 15 is 0 Å². The van der Waals surface area contributed by atoms with Crippen LogP contribution < -0.4 is 5.73 Å². The number of nitrogens with one attached hydrogen (secondary N) is 1. The van der Waals surface area contributed by atoms with Crippen LogP contribution in [0.25, 0.3) is 10.9 Å². The van der Waals surface area contributed by atoms with Crippen molar-refractivity contribution in [1.29, 1.82) is 0 Å². The number of hydrogen-bond donors (Lipinski definition) is 2. The van der Waals surface area contributed by atoms with E-state index in [9.17, 15) is 4.79 Å². The van der Waals surface area contributed by atoms with Gasteiger partial charge in [0.2, 0.25) is 5.91 Å². The predicted molar refractivity (Wildman–Crippen MR) is 110 cm³/mol. The number of carbonyl (C=O) groups excluding carboxylic acids is 1. The Labute approximate surface area is 160 Å². The van der Waals surface area contributed by atoms with E-state index in [2.05, 4.69) is 35.3 Å². The van der Waals surface area contributed by atoms with Crippen LogP contribution in [0, 0.1) is 0 Å². The summed E-state index contributed by atoms with van der Waals surface area (Å²) in [6.45, 7) is 3.42. The van der Waals surface area contributed by atoms with Crippen molar-refractivity contribution in [2.75, 3.05) is 13.1 Å². The molecule has 1 aliphatic rings. The molecule has 2 aromatic carbocycles. The van der Waals surface area contributed by atoms with Crippen molar-refractivity contribution in [3.63, 3.8) is 0 Å². The fourth-order valence-corrected chi connectivity index (χ4v) is 4.25. The van der Waals surface area contributed by atoms with E-state index in [1.54, 1.807) is 0 Å². The van der Waals surface area contributed by atoms with Gasteiger partial charge < -0.3 is 15.6 Å². The number of hydrogen-bond acceptors (Lipinski definition) is 2. The molecule has 1 saturated heterocycles. The highest BCUT2D eigenvalue weighted by atomic mass is 16.2. The summed E-state index contributed by atoms with van der Waals surface area (Å²) in [4.78, 5) is 18.3. The summed E-state index contributed by atoms with van der Waals surface area (Å²) in [5.74, 6) is 0.590. The van der Waals surface area contributed by atoms with E-state index in [-0.39, 0.29) is 5.91 Å². The molecule has 1 fully saturated rings. The first-order valence-corrected chi connectivity index (χ1v) is 9.73. The zero-order valence-corrected chi connectivity index (χ0v) is 15.8. The van der Waals surface area contributed by atoms with E-state index in [0.717, 1.165) is 42.4 Å². The molecule has 0 saturated carbocycles. The SMILES string of the molecule is CC(N)(Cc1c[nH]c2ccccc12)C(=O)N1CCC(c2ccccc2)CC1. The first kappa shape index (κ1) is 17.8. The summed E-state index contributed by atoms with van der Waals surface area (Å²) in [6, 6.07) is 18.7. The van der Waals surface area contributed by atoms with E-state index in [4.69, 9.17) is 5.73 Å². The molecule has 0 aliphatic carbocycles. The third kappa shape index (κ3) is 3.62. The second-order valence-corrected chi connectivity index (χ2v) is 7.93. The maximum Gasteiger partial charge on any atom is 0.242 e. The number of amides is 1. The first-order valence-electron chi connectivity index (χ1n) is 9.73. The number of benzene rings is 2. The van der Waals surface area contributed by atoms with Crippen LogP contribution in [0.5, 0.6) is 0 Å². The smallest absolute Gasteiger partial charge is 0.242 e. The van der Waals surface area contributed by atoms with Crippen LogP contribution >= 0.6 is 0 Å². The molecule has 2 heterocycles. The summed E-state index contributed by atoms with van der Waals surface area (Å²) in [5, 5.41) is 1.14. The van der Waals surface area contributed by atoms with Crippen LogP contribution in [-0.2, 0) is 11.2 Å². The molecule has 0 spiro atoms. The molecule has 27 heavy (non-hydrogen) atoms. The van der Waals surface area contributed by atoms with Gasteiger partial charge in [0.1, 0.15) is 0 Å². The van der Waals surface area contributed by atoms with Gasteiger partial charge in [-0.05, 0) is 42.9 Å². The monoisotopic (exact) mass is 361 g/mol. The van der Waals surface area contributed by atoms with Crippen molar-refractivity contribution in [3.8, 4) is 0 Å². The molecule has 4 nitrogen and oxygen atoms in total. The highest BCUT2D eigenvalue weighted by Gasteiger charge is 2.35. The number of aromatic amines is 1. The molecule has 140 valence electrons. The molecule has 4 rings (SSSR count). The number of nitrogens with zero attached hydrogens (tertiary/aromatic N) is 1. The summed E-state index contributed by atoms with van der Waals surface area (Å²) in [5.41, 5.74) is 9.17. The quantitative estimate of drug-likeness (QED) is 0.742. The molecule has 1 atom stereocenters. The molecule has 1 amide bonds. The Hall–Kier alpha value is -2.59. The third-order valence-electron chi connectivity index (χ3n) is 5.77. The molecule has 1 aliphatic heterocycles.